The van der Waals surface area contributed by atoms with Crippen LogP contribution in [0.15, 0.2) is 54.6 Å². The minimum atomic E-state index is 0.552. The summed E-state index contributed by atoms with van der Waals surface area (Å²) < 4.78 is 5.32. The molecule has 35 heavy (non-hydrogen) atoms. The van der Waals surface area contributed by atoms with Crippen molar-refractivity contribution in [1.82, 2.24) is 15.2 Å². The van der Waals surface area contributed by atoms with Gasteiger partial charge in [-0.2, -0.15) is 0 Å². The summed E-state index contributed by atoms with van der Waals surface area (Å²) in [6.07, 6.45) is 8.04. The number of likely N-dealkylation sites (tertiary alicyclic amines) is 1. The van der Waals surface area contributed by atoms with Crippen molar-refractivity contribution in [3.05, 3.63) is 54.6 Å². The molecule has 2 aromatic carbocycles. The second kappa shape index (κ2) is 11.4. The lowest BCUT2D eigenvalue weighted by atomic mass is 9.89. The minimum absolute atomic E-state index is 0.552. The van der Waals surface area contributed by atoms with E-state index >= 15 is 0 Å². The molecule has 1 aromatic heterocycles. The molecule has 2 fully saturated rings. The summed E-state index contributed by atoms with van der Waals surface area (Å²) in [5.41, 5.74) is 4.26. The number of nitrogens with zero attached hydrogens (tertiary/aromatic N) is 2. The van der Waals surface area contributed by atoms with Gasteiger partial charge in [0.25, 0.3) is 0 Å². The average molecular weight is 473 g/mol. The number of fused-ring (bicyclic) bond motifs is 1. The van der Waals surface area contributed by atoms with Gasteiger partial charge < -0.3 is 20.3 Å². The number of hydrogen-bond donors (Lipinski definition) is 2. The first-order valence-corrected chi connectivity index (χ1v) is 13.4. The Bertz CT molecular complexity index is 1090. The molecule has 1 aliphatic heterocycles. The van der Waals surface area contributed by atoms with Gasteiger partial charge in [-0.05, 0) is 107 Å². The van der Waals surface area contributed by atoms with Crippen LogP contribution in [-0.2, 0) is 0 Å². The van der Waals surface area contributed by atoms with E-state index in [2.05, 4.69) is 65.0 Å². The number of ether oxygens (including phenoxy) is 1. The van der Waals surface area contributed by atoms with E-state index in [1.165, 1.54) is 57.1 Å². The van der Waals surface area contributed by atoms with E-state index < -0.39 is 0 Å². The van der Waals surface area contributed by atoms with Gasteiger partial charge in [0.1, 0.15) is 5.75 Å². The quantitative estimate of drug-likeness (QED) is 0.369. The van der Waals surface area contributed by atoms with Crippen LogP contribution in [0.1, 0.15) is 38.5 Å². The van der Waals surface area contributed by atoms with Gasteiger partial charge in [0, 0.05) is 35.8 Å². The summed E-state index contributed by atoms with van der Waals surface area (Å²) in [5.74, 6) is 2.73. The van der Waals surface area contributed by atoms with Crippen molar-refractivity contribution in [3.63, 3.8) is 0 Å². The normalized spacial score (nSPS) is 18.0. The lowest BCUT2D eigenvalue weighted by Gasteiger charge is -2.33. The predicted octanol–water partition coefficient (Wildman–Crippen LogP) is 5.81. The molecule has 3 aromatic rings. The van der Waals surface area contributed by atoms with Gasteiger partial charge in [-0.1, -0.05) is 18.2 Å². The Morgan fingerprint density at radius 3 is 2.49 bits per heavy atom. The van der Waals surface area contributed by atoms with Gasteiger partial charge in [-0.15, -0.1) is 0 Å². The largest absolute Gasteiger partial charge is 0.497 e. The van der Waals surface area contributed by atoms with Crippen molar-refractivity contribution >= 4 is 16.6 Å². The minimum Gasteiger partial charge on any atom is -0.497 e. The molecule has 5 heteroatoms. The van der Waals surface area contributed by atoms with Gasteiger partial charge in [-0.25, -0.2) is 4.98 Å². The first kappa shape index (κ1) is 24.1. The number of para-hydroxylation sites is 1. The van der Waals surface area contributed by atoms with Crippen molar-refractivity contribution in [2.75, 3.05) is 45.7 Å². The molecule has 1 atom stereocenters. The smallest absolute Gasteiger partial charge is 0.118 e. The summed E-state index contributed by atoms with van der Waals surface area (Å²) in [7, 11) is 3.82. The SMILES string of the molecule is CNC(CCNc1cc(-c2ccc(OC)cc2)nc2ccccc12)CC1CCN(CC2CC2)CC1. The second-order valence-corrected chi connectivity index (χ2v) is 10.4. The topological polar surface area (TPSA) is 49.4 Å². The molecule has 2 heterocycles. The summed E-state index contributed by atoms with van der Waals surface area (Å²) >= 11 is 0. The van der Waals surface area contributed by atoms with Gasteiger partial charge >= 0.3 is 0 Å². The van der Waals surface area contributed by atoms with Crippen LogP contribution < -0.4 is 15.4 Å². The number of aromatic nitrogens is 1. The first-order valence-electron chi connectivity index (χ1n) is 13.4. The van der Waals surface area contributed by atoms with E-state index in [1.807, 2.05) is 12.1 Å². The highest BCUT2D eigenvalue weighted by Crippen LogP contribution is 2.32. The Labute approximate surface area is 210 Å². The second-order valence-electron chi connectivity index (χ2n) is 10.4. The zero-order valence-electron chi connectivity index (χ0n) is 21.3. The molecule has 0 spiro atoms. The number of hydrogen-bond acceptors (Lipinski definition) is 5. The molecule has 5 nitrogen and oxygen atoms in total. The number of anilines is 1. The number of pyridine rings is 1. The van der Waals surface area contributed by atoms with Crippen LogP contribution in [0, 0.1) is 11.8 Å². The van der Waals surface area contributed by atoms with Gasteiger partial charge in [0.15, 0.2) is 0 Å². The highest BCUT2D eigenvalue weighted by atomic mass is 16.5. The van der Waals surface area contributed by atoms with E-state index in [1.54, 1.807) is 7.11 Å². The summed E-state index contributed by atoms with van der Waals surface area (Å²) in [6.45, 7) is 4.90. The molecule has 5 rings (SSSR count). The number of rotatable bonds is 11. The van der Waals surface area contributed by atoms with Crippen molar-refractivity contribution in [2.24, 2.45) is 11.8 Å². The van der Waals surface area contributed by atoms with E-state index in [-0.39, 0.29) is 0 Å². The van der Waals surface area contributed by atoms with E-state index in [0.29, 0.717) is 6.04 Å². The van der Waals surface area contributed by atoms with Crippen LogP contribution >= 0.6 is 0 Å². The van der Waals surface area contributed by atoms with Gasteiger partial charge in [0.2, 0.25) is 0 Å². The maximum absolute atomic E-state index is 5.32. The Hall–Kier alpha value is -2.63. The third-order valence-electron chi connectivity index (χ3n) is 7.86. The van der Waals surface area contributed by atoms with Crippen LogP contribution in [0.5, 0.6) is 5.75 Å². The maximum Gasteiger partial charge on any atom is 0.118 e. The van der Waals surface area contributed by atoms with Gasteiger partial charge in [-0.3, -0.25) is 0 Å². The number of benzene rings is 2. The third-order valence-corrected chi connectivity index (χ3v) is 7.86. The number of nitrogens with one attached hydrogen (secondary N) is 2. The van der Waals surface area contributed by atoms with Crippen molar-refractivity contribution in [2.45, 2.75) is 44.6 Å². The molecule has 1 saturated carbocycles. The Balaban J connectivity index is 1.20. The first-order chi connectivity index (χ1) is 17.2. The monoisotopic (exact) mass is 472 g/mol. The zero-order valence-corrected chi connectivity index (χ0v) is 21.3. The Morgan fingerprint density at radius 2 is 1.77 bits per heavy atom. The van der Waals surface area contributed by atoms with E-state index in [0.717, 1.165) is 53.0 Å². The molecular formula is C30H40N4O. The number of piperidine rings is 1. The summed E-state index contributed by atoms with van der Waals surface area (Å²) in [5, 5.41) is 8.52. The molecule has 0 radical (unpaired) electrons. The van der Waals surface area contributed by atoms with Crippen molar-refractivity contribution < 1.29 is 4.74 Å². The summed E-state index contributed by atoms with van der Waals surface area (Å²) in [4.78, 5) is 7.64. The van der Waals surface area contributed by atoms with E-state index in [4.69, 9.17) is 9.72 Å². The maximum atomic E-state index is 5.32. The molecular weight excluding hydrogens is 432 g/mol. The van der Waals surface area contributed by atoms with Crippen molar-refractivity contribution in [1.29, 1.82) is 0 Å². The third kappa shape index (κ3) is 6.33. The highest BCUT2D eigenvalue weighted by Gasteiger charge is 2.27. The molecule has 0 bridgehead atoms. The summed E-state index contributed by atoms with van der Waals surface area (Å²) in [6, 6.07) is 19.3. The molecule has 1 unspecified atom stereocenters. The molecule has 1 saturated heterocycles. The lowest BCUT2D eigenvalue weighted by molar-refractivity contribution is 0.165. The number of methoxy groups -OCH3 is 1. The predicted molar refractivity (Wildman–Crippen MR) is 146 cm³/mol. The molecule has 2 N–H and O–H groups in total. The highest BCUT2D eigenvalue weighted by molar-refractivity contribution is 5.93. The standard InChI is InChI=1S/C30H40N4O/c1-31-25(19-22-14-17-34(18-15-22)21-23-7-8-23)13-16-32-30-20-29(24-9-11-26(35-2)12-10-24)33-28-6-4-3-5-27(28)30/h3-6,9-12,20,22-23,25,31H,7-8,13-19,21H2,1-2H3,(H,32,33). The van der Waals surface area contributed by atoms with Crippen molar-refractivity contribution in [3.8, 4) is 17.0 Å². The fourth-order valence-corrected chi connectivity index (χ4v) is 5.47. The average Bonchev–Trinajstić information content (AvgIpc) is 3.73. The fraction of sp³-hybridized carbons (Fsp3) is 0.500. The van der Waals surface area contributed by atoms with Gasteiger partial charge in [0.05, 0.1) is 18.3 Å². The van der Waals surface area contributed by atoms with Crippen LogP contribution in [0.4, 0.5) is 5.69 Å². The van der Waals surface area contributed by atoms with Crippen LogP contribution in [0.2, 0.25) is 0 Å². The van der Waals surface area contributed by atoms with Crippen LogP contribution in [-0.4, -0.2) is 56.3 Å². The molecule has 1 aliphatic carbocycles. The Kier molecular flexibility index (Phi) is 7.85. The zero-order chi connectivity index (χ0) is 24.0. The lowest BCUT2D eigenvalue weighted by Crippen LogP contribution is -2.38. The van der Waals surface area contributed by atoms with Crippen LogP contribution in [0.3, 0.4) is 0 Å². The van der Waals surface area contributed by atoms with E-state index in [9.17, 15) is 0 Å². The molecule has 2 aliphatic rings. The Morgan fingerprint density at radius 1 is 1.00 bits per heavy atom. The molecule has 186 valence electrons. The fourth-order valence-electron chi connectivity index (χ4n) is 5.47. The van der Waals surface area contributed by atoms with Crippen LogP contribution in [0.25, 0.3) is 22.2 Å². The molecule has 0 amide bonds.